The number of nitrogens with one attached hydrogen (secondary N) is 1. The van der Waals surface area contributed by atoms with Crippen LogP contribution in [0.1, 0.15) is 5.56 Å². The number of nitrogens with zero attached hydrogens (tertiary/aromatic N) is 1. The van der Waals surface area contributed by atoms with Crippen molar-refractivity contribution in [2.75, 3.05) is 19.7 Å². The van der Waals surface area contributed by atoms with Gasteiger partial charge in [0.1, 0.15) is 12.7 Å². The molecule has 6 nitrogen and oxygen atoms in total. The van der Waals surface area contributed by atoms with Crippen LogP contribution in [0.2, 0.25) is 10.0 Å². The number of halogens is 2. The van der Waals surface area contributed by atoms with Gasteiger partial charge in [0.05, 0.1) is 15.0 Å². The number of benzene rings is 2. The average molecular weight is 385 g/mol. The van der Waals surface area contributed by atoms with E-state index in [1.54, 1.807) is 24.3 Å². The summed E-state index contributed by atoms with van der Waals surface area (Å²) in [4.78, 5) is 10.4. The lowest BCUT2D eigenvalue weighted by atomic mass is 10.1. The van der Waals surface area contributed by atoms with E-state index in [9.17, 15) is 15.2 Å². The van der Waals surface area contributed by atoms with Gasteiger partial charge in [-0.2, -0.15) is 0 Å². The van der Waals surface area contributed by atoms with Gasteiger partial charge in [-0.05, 0) is 36.7 Å². The number of nitro benzene ring substituents is 1. The fraction of sp³-hybridized carbons (Fsp3) is 0.294. The lowest BCUT2D eigenvalue weighted by Crippen LogP contribution is -2.32. The van der Waals surface area contributed by atoms with Gasteiger partial charge in [0.25, 0.3) is 0 Å². The highest BCUT2D eigenvalue weighted by Gasteiger charge is 2.15. The van der Waals surface area contributed by atoms with Gasteiger partial charge in [-0.15, -0.1) is 0 Å². The van der Waals surface area contributed by atoms with Crippen LogP contribution in [0, 0.1) is 10.1 Å². The van der Waals surface area contributed by atoms with Gasteiger partial charge in [-0.25, -0.2) is 0 Å². The second-order valence-electron chi connectivity index (χ2n) is 5.39. The zero-order chi connectivity index (χ0) is 18.2. The van der Waals surface area contributed by atoms with Gasteiger partial charge in [0.15, 0.2) is 5.75 Å². The second-order valence-corrected chi connectivity index (χ2v) is 6.21. The molecule has 2 aromatic carbocycles. The molecule has 2 N–H and O–H groups in total. The van der Waals surface area contributed by atoms with E-state index in [1.807, 2.05) is 6.07 Å². The van der Waals surface area contributed by atoms with Crippen LogP contribution in [-0.4, -0.2) is 35.8 Å². The van der Waals surface area contributed by atoms with Crippen LogP contribution in [0.15, 0.2) is 42.5 Å². The van der Waals surface area contributed by atoms with Crippen molar-refractivity contribution in [3.8, 4) is 5.75 Å². The maximum Gasteiger partial charge on any atom is 0.310 e. The third-order valence-electron chi connectivity index (χ3n) is 3.45. The van der Waals surface area contributed by atoms with Crippen LogP contribution in [0.4, 0.5) is 5.69 Å². The van der Waals surface area contributed by atoms with Crippen molar-refractivity contribution < 1.29 is 14.8 Å². The van der Waals surface area contributed by atoms with Gasteiger partial charge in [0, 0.05) is 12.6 Å². The van der Waals surface area contributed by atoms with Crippen molar-refractivity contribution in [3.05, 3.63) is 68.2 Å². The summed E-state index contributed by atoms with van der Waals surface area (Å²) in [7, 11) is 0. The molecule has 2 rings (SSSR count). The molecule has 1 unspecified atom stereocenters. The smallest absolute Gasteiger partial charge is 0.310 e. The minimum absolute atomic E-state index is 0.0371. The third kappa shape index (κ3) is 6.17. The van der Waals surface area contributed by atoms with E-state index < -0.39 is 11.0 Å². The van der Waals surface area contributed by atoms with E-state index >= 15 is 0 Å². The van der Waals surface area contributed by atoms with Crippen molar-refractivity contribution in [2.45, 2.75) is 12.5 Å². The highest BCUT2D eigenvalue weighted by molar-refractivity contribution is 6.42. The van der Waals surface area contributed by atoms with E-state index in [0.717, 1.165) is 12.0 Å². The molecule has 2 aromatic rings. The highest BCUT2D eigenvalue weighted by Crippen LogP contribution is 2.25. The van der Waals surface area contributed by atoms with Crippen molar-refractivity contribution >= 4 is 28.9 Å². The summed E-state index contributed by atoms with van der Waals surface area (Å²) < 4.78 is 5.34. The molecule has 0 aliphatic carbocycles. The number of aliphatic hydroxyl groups excluding tert-OH is 1. The fourth-order valence-electron chi connectivity index (χ4n) is 2.17. The number of ether oxygens (including phenoxy) is 1. The Balaban J connectivity index is 1.71. The molecule has 0 radical (unpaired) electrons. The summed E-state index contributed by atoms with van der Waals surface area (Å²) in [6.45, 7) is 0.910. The van der Waals surface area contributed by atoms with Crippen molar-refractivity contribution in [2.24, 2.45) is 0 Å². The predicted molar refractivity (Wildman–Crippen MR) is 97.6 cm³/mol. The van der Waals surface area contributed by atoms with Crippen LogP contribution < -0.4 is 10.1 Å². The fourth-order valence-corrected chi connectivity index (χ4v) is 2.49. The molecule has 0 amide bonds. The second kappa shape index (κ2) is 9.58. The molecule has 0 saturated heterocycles. The van der Waals surface area contributed by atoms with E-state index in [2.05, 4.69) is 5.32 Å². The van der Waals surface area contributed by atoms with Gasteiger partial charge < -0.3 is 15.2 Å². The van der Waals surface area contributed by atoms with Crippen LogP contribution >= 0.6 is 23.2 Å². The first-order valence-electron chi connectivity index (χ1n) is 7.66. The SMILES string of the molecule is O=[N+]([O-])c1ccccc1OCC(O)CNCCc1ccc(Cl)c(Cl)c1. The highest BCUT2D eigenvalue weighted by atomic mass is 35.5. The summed E-state index contributed by atoms with van der Waals surface area (Å²) in [5.41, 5.74) is 0.912. The van der Waals surface area contributed by atoms with E-state index in [0.29, 0.717) is 23.1 Å². The van der Waals surface area contributed by atoms with Gasteiger partial charge >= 0.3 is 5.69 Å². The van der Waals surface area contributed by atoms with Gasteiger partial charge in [0.2, 0.25) is 0 Å². The number of aliphatic hydroxyl groups is 1. The third-order valence-corrected chi connectivity index (χ3v) is 4.19. The quantitative estimate of drug-likeness (QED) is 0.392. The van der Waals surface area contributed by atoms with Crippen LogP contribution in [-0.2, 0) is 6.42 Å². The summed E-state index contributed by atoms with van der Waals surface area (Å²) >= 11 is 11.8. The number of para-hydroxylation sites is 2. The number of rotatable bonds is 9. The first-order valence-corrected chi connectivity index (χ1v) is 8.42. The molecule has 8 heteroatoms. The Kier molecular flexibility index (Phi) is 7.46. The van der Waals surface area contributed by atoms with Crippen molar-refractivity contribution in [3.63, 3.8) is 0 Å². The summed E-state index contributed by atoms with van der Waals surface area (Å²) in [5.74, 6) is 0.141. The standard InChI is InChI=1S/C17H18Cl2N2O4/c18-14-6-5-12(9-15(14)19)7-8-20-10-13(22)11-25-17-4-2-1-3-16(17)21(23)24/h1-6,9,13,20,22H,7-8,10-11H2. The van der Waals surface area contributed by atoms with Crippen LogP contribution in [0.3, 0.4) is 0 Å². The van der Waals surface area contributed by atoms with E-state index in [-0.39, 0.29) is 18.0 Å². The zero-order valence-corrected chi connectivity index (χ0v) is 14.8. The van der Waals surface area contributed by atoms with Gasteiger partial charge in [-0.3, -0.25) is 10.1 Å². The topological polar surface area (TPSA) is 84.6 Å². The lowest BCUT2D eigenvalue weighted by molar-refractivity contribution is -0.385. The molecular weight excluding hydrogens is 367 g/mol. The maximum absolute atomic E-state index is 10.9. The Morgan fingerprint density at radius 2 is 1.96 bits per heavy atom. The summed E-state index contributed by atoms with van der Waals surface area (Å²) in [5, 5.41) is 24.9. The Morgan fingerprint density at radius 1 is 1.20 bits per heavy atom. The molecule has 0 heterocycles. The molecule has 0 bridgehead atoms. The molecule has 0 aliphatic rings. The predicted octanol–water partition coefficient (Wildman–Crippen LogP) is 3.47. The van der Waals surface area contributed by atoms with Crippen LogP contribution in [0.5, 0.6) is 5.75 Å². The molecule has 1 atom stereocenters. The molecule has 134 valence electrons. The number of nitro groups is 1. The Hall–Kier alpha value is -1.86. The Morgan fingerprint density at radius 3 is 2.68 bits per heavy atom. The van der Waals surface area contributed by atoms with E-state index in [4.69, 9.17) is 27.9 Å². The molecular formula is C17H18Cl2N2O4. The molecule has 0 aliphatic heterocycles. The minimum Gasteiger partial charge on any atom is -0.484 e. The van der Waals surface area contributed by atoms with Gasteiger partial charge in [-0.1, -0.05) is 41.4 Å². The molecule has 0 aromatic heterocycles. The molecule has 25 heavy (non-hydrogen) atoms. The maximum atomic E-state index is 10.9. The molecule has 0 saturated carbocycles. The monoisotopic (exact) mass is 384 g/mol. The van der Waals surface area contributed by atoms with Crippen molar-refractivity contribution in [1.82, 2.24) is 5.32 Å². The minimum atomic E-state index is -0.784. The lowest BCUT2D eigenvalue weighted by Gasteiger charge is -2.13. The Bertz CT molecular complexity index is 728. The molecule has 0 fully saturated rings. The Labute approximate surface area is 155 Å². The summed E-state index contributed by atoms with van der Waals surface area (Å²) in [6, 6.07) is 11.5. The first kappa shape index (κ1) is 19.5. The molecule has 0 spiro atoms. The average Bonchev–Trinajstić information content (AvgIpc) is 2.60. The van der Waals surface area contributed by atoms with Crippen LogP contribution in [0.25, 0.3) is 0 Å². The van der Waals surface area contributed by atoms with Crippen molar-refractivity contribution in [1.29, 1.82) is 0 Å². The summed E-state index contributed by atoms with van der Waals surface area (Å²) in [6.07, 6.45) is -0.0529. The normalized spacial score (nSPS) is 12.0. The zero-order valence-electron chi connectivity index (χ0n) is 13.3. The first-order chi connectivity index (χ1) is 12.0. The largest absolute Gasteiger partial charge is 0.484 e. The number of hydrogen-bond donors (Lipinski definition) is 2. The van der Waals surface area contributed by atoms with E-state index in [1.165, 1.54) is 12.1 Å². The number of hydrogen-bond acceptors (Lipinski definition) is 5.